The number of anilines is 3. The highest BCUT2D eigenvalue weighted by molar-refractivity contribution is 5.84. The molecule has 1 aromatic carbocycles. The molecule has 0 spiro atoms. The normalized spacial score (nSPS) is 9.82. The van der Waals surface area contributed by atoms with Crippen molar-refractivity contribution in [3.05, 3.63) is 6.07 Å². The quantitative estimate of drug-likeness (QED) is 0.203. The lowest BCUT2D eigenvalue weighted by Crippen LogP contribution is -1.99. The van der Waals surface area contributed by atoms with Crippen LogP contribution in [-0.2, 0) is 0 Å². The molecule has 0 saturated heterocycles. The van der Waals surface area contributed by atoms with Gasteiger partial charge in [-0.05, 0) is 0 Å². The second-order valence-electron chi connectivity index (χ2n) is 2.16. The number of phenolic OH excluding ortho intramolecular Hbond substituents is 2. The molecule has 0 saturated carbocycles. The number of nitrogens with two attached hydrogens (primary N) is 3. The summed E-state index contributed by atoms with van der Waals surface area (Å²) in [6.07, 6.45) is 0. The van der Waals surface area contributed by atoms with Gasteiger partial charge in [0.1, 0.15) is 5.69 Å². The molecule has 8 N–H and O–H groups in total. The van der Waals surface area contributed by atoms with Crippen molar-refractivity contribution >= 4 is 17.1 Å². The van der Waals surface area contributed by atoms with Crippen molar-refractivity contribution in [2.45, 2.75) is 0 Å². The third kappa shape index (κ3) is 0.958. The van der Waals surface area contributed by atoms with Gasteiger partial charge in [0.05, 0.1) is 11.4 Å². The second kappa shape index (κ2) is 2.12. The Kier molecular flexibility index (Phi) is 1.41. The van der Waals surface area contributed by atoms with Crippen LogP contribution in [0, 0.1) is 0 Å². The summed E-state index contributed by atoms with van der Waals surface area (Å²) in [5, 5.41) is 17.9. The van der Waals surface area contributed by atoms with Gasteiger partial charge in [0.2, 0.25) is 0 Å². The zero-order valence-electron chi connectivity index (χ0n) is 5.70. The van der Waals surface area contributed by atoms with Crippen molar-refractivity contribution in [2.75, 3.05) is 17.2 Å². The van der Waals surface area contributed by atoms with E-state index in [2.05, 4.69) is 0 Å². The molecule has 1 rings (SSSR count). The maximum Gasteiger partial charge on any atom is 0.183 e. The zero-order chi connectivity index (χ0) is 8.59. The zero-order valence-corrected chi connectivity index (χ0v) is 5.70. The van der Waals surface area contributed by atoms with E-state index in [1.165, 1.54) is 0 Å². The van der Waals surface area contributed by atoms with Crippen LogP contribution in [0.25, 0.3) is 0 Å². The molecule has 0 atom stereocenters. The first-order chi connectivity index (χ1) is 5.04. The molecule has 0 aliphatic heterocycles. The number of hydrogen-bond acceptors (Lipinski definition) is 5. The number of rotatable bonds is 0. The van der Waals surface area contributed by atoms with Crippen molar-refractivity contribution in [3.63, 3.8) is 0 Å². The number of nitrogen functional groups attached to an aromatic ring is 3. The van der Waals surface area contributed by atoms with Gasteiger partial charge in [-0.2, -0.15) is 0 Å². The lowest BCUT2D eigenvalue weighted by atomic mass is 10.2. The first-order valence-corrected chi connectivity index (χ1v) is 2.89. The van der Waals surface area contributed by atoms with Crippen LogP contribution >= 0.6 is 0 Å². The Morgan fingerprint density at radius 2 is 1.55 bits per heavy atom. The van der Waals surface area contributed by atoms with Gasteiger partial charge in [0, 0.05) is 6.07 Å². The summed E-state index contributed by atoms with van der Waals surface area (Å²) in [7, 11) is 0. The van der Waals surface area contributed by atoms with Crippen molar-refractivity contribution in [2.24, 2.45) is 0 Å². The van der Waals surface area contributed by atoms with Crippen LogP contribution in [-0.4, -0.2) is 10.2 Å². The number of aromatic hydroxyl groups is 2. The van der Waals surface area contributed by atoms with Crippen LogP contribution in [0.2, 0.25) is 0 Å². The molecule has 0 amide bonds. The van der Waals surface area contributed by atoms with E-state index in [1.54, 1.807) is 0 Å². The molecule has 5 nitrogen and oxygen atoms in total. The summed E-state index contributed by atoms with van der Waals surface area (Å²) in [6.45, 7) is 0. The van der Waals surface area contributed by atoms with E-state index in [1.807, 2.05) is 0 Å². The van der Waals surface area contributed by atoms with E-state index in [0.29, 0.717) is 0 Å². The molecular formula is C6H9N3O2. The Balaban J connectivity index is 3.46. The second-order valence-corrected chi connectivity index (χ2v) is 2.16. The average Bonchev–Trinajstić information content (AvgIpc) is 1.97. The average molecular weight is 155 g/mol. The van der Waals surface area contributed by atoms with Crippen LogP contribution < -0.4 is 17.2 Å². The van der Waals surface area contributed by atoms with Crippen LogP contribution in [0.5, 0.6) is 11.5 Å². The topological polar surface area (TPSA) is 119 Å². The van der Waals surface area contributed by atoms with Gasteiger partial charge in [-0.25, -0.2) is 0 Å². The first kappa shape index (κ1) is 7.33. The Hall–Kier alpha value is -1.78. The minimum absolute atomic E-state index is 0.0836. The Morgan fingerprint density at radius 3 is 2.09 bits per heavy atom. The third-order valence-electron chi connectivity index (χ3n) is 1.39. The van der Waals surface area contributed by atoms with Gasteiger partial charge < -0.3 is 27.4 Å². The minimum atomic E-state index is -0.434. The van der Waals surface area contributed by atoms with E-state index in [-0.39, 0.29) is 22.8 Å². The van der Waals surface area contributed by atoms with E-state index in [4.69, 9.17) is 27.4 Å². The number of hydrogen-bond donors (Lipinski definition) is 5. The summed E-state index contributed by atoms with van der Waals surface area (Å²) in [5.74, 6) is -0.800. The molecule has 0 radical (unpaired) electrons. The molecule has 60 valence electrons. The van der Waals surface area contributed by atoms with Gasteiger partial charge in [-0.1, -0.05) is 0 Å². The standard InChI is InChI=1S/C6H9N3O2/c7-2-1-3(10)6(11)5(9)4(2)8/h1,10-11H,7-9H2. The summed E-state index contributed by atoms with van der Waals surface area (Å²) < 4.78 is 0. The maximum atomic E-state index is 9.00. The summed E-state index contributed by atoms with van der Waals surface area (Å²) in [6, 6.07) is 1.14. The van der Waals surface area contributed by atoms with E-state index >= 15 is 0 Å². The van der Waals surface area contributed by atoms with E-state index in [0.717, 1.165) is 6.07 Å². The van der Waals surface area contributed by atoms with Crippen molar-refractivity contribution < 1.29 is 10.2 Å². The van der Waals surface area contributed by atoms with Gasteiger partial charge in [0.25, 0.3) is 0 Å². The lowest BCUT2D eigenvalue weighted by molar-refractivity contribution is 0.406. The SMILES string of the molecule is Nc1cc(O)c(O)c(N)c1N. The summed E-state index contributed by atoms with van der Waals surface area (Å²) in [4.78, 5) is 0. The predicted molar refractivity (Wildman–Crippen MR) is 43.0 cm³/mol. The van der Waals surface area contributed by atoms with Crippen molar-refractivity contribution in [1.29, 1.82) is 0 Å². The maximum absolute atomic E-state index is 9.00. The smallest absolute Gasteiger partial charge is 0.183 e. The fraction of sp³-hybridized carbons (Fsp3) is 0. The minimum Gasteiger partial charge on any atom is -0.504 e. The highest BCUT2D eigenvalue weighted by Gasteiger charge is 2.09. The molecule has 0 fully saturated rings. The van der Waals surface area contributed by atoms with Crippen LogP contribution in [0.4, 0.5) is 17.1 Å². The van der Waals surface area contributed by atoms with Gasteiger partial charge in [-0.15, -0.1) is 0 Å². The molecule has 0 aliphatic rings. The number of benzene rings is 1. The fourth-order valence-electron chi connectivity index (χ4n) is 0.714. The molecule has 1 aromatic rings. The van der Waals surface area contributed by atoms with Crippen LogP contribution in [0.15, 0.2) is 6.07 Å². The molecule has 0 aromatic heterocycles. The van der Waals surface area contributed by atoms with Gasteiger partial charge >= 0.3 is 0 Å². The Bertz CT molecular complexity index is 272. The molecule has 0 aliphatic carbocycles. The van der Waals surface area contributed by atoms with Crippen molar-refractivity contribution in [1.82, 2.24) is 0 Å². The molecular weight excluding hydrogens is 146 g/mol. The molecule has 0 bridgehead atoms. The fourth-order valence-corrected chi connectivity index (χ4v) is 0.714. The number of phenols is 2. The van der Waals surface area contributed by atoms with Gasteiger partial charge in [0.15, 0.2) is 11.5 Å². The molecule has 0 unspecified atom stereocenters. The third-order valence-corrected chi connectivity index (χ3v) is 1.39. The predicted octanol–water partition coefficient (Wildman–Crippen LogP) is -0.156. The molecule has 11 heavy (non-hydrogen) atoms. The van der Waals surface area contributed by atoms with Gasteiger partial charge in [-0.3, -0.25) is 0 Å². The van der Waals surface area contributed by atoms with E-state index in [9.17, 15) is 0 Å². The monoisotopic (exact) mass is 155 g/mol. The summed E-state index contributed by atoms with van der Waals surface area (Å²) in [5.41, 5.74) is 16.1. The van der Waals surface area contributed by atoms with Crippen LogP contribution in [0.1, 0.15) is 0 Å². The van der Waals surface area contributed by atoms with Crippen LogP contribution in [0.3, 0.4) is 0 Å². The largest absolute Gasteiger partial charge is 0.504 e. The summed E-state index contributed by atoms with van der Waals surface area (Å²) >= 11 is 0. The van der Waals surface area contributed by atoms with E-state index < -0.39 is 5.75 Å². The molecule has 5 heteroatoms. The molecule has 0 heterocycles. The van der Waals surface area contributed by atoms with Crippen molar-refractivity contribution in [3.8, 4) is 11.5 Å². The Labute approximate surface area is 63.0 Å². The highest BCUT2D eigenvalue weighted by atomic mass is 16.3. The highest BCUT2D eigenvalue weighted by Crippen LogP contribution is 2.39. The lowest BCUT2D eigenvalue weighted by Gasteiger charge is -2.06. The Morgan fingerprint density at radius 1 is 1.00 bits per heavy atom. The first-order valence-electron chi connectivity index (χ1n) is 2.89.